The second-order valence-corrected chi connectivity index (χ2v) is 6.26. The van der Waals surface area contributed by atoms with E-state index in [1.54, 1.807) is 36.4 Å². The van der Waals surface area contributed by atoms with Gasteiger partial charge in [0, 0.05) is 0 Å². The monoisotopic (exact) mass is 382 g/mol. The third kappa shape index (κ3) is 4.54. The molecule has 144 valence electrons. The quantitative estimate of drug-likeness (QED) is 0.654. The number of hydrogen-bond donors (Lipinski definition) is 3. The molecule has 1 fully saturated rings. The minimum absolute atomic E-state index is 0.0653. The number of ether oxygens (including phenoxy) is 2. The Hall–Kier alpha value is -3.65. The van der Waals surface area contributed by atoms with Crippen LogP contribution in [-0.2, 0) is 20.7 Å². The smallest absolute Gasteiger partial charge is 0.419 e. The van der Waals surface area contributed by atoms with Crippen LogP contribution in [0.2, 0.25) is 0 Å². The van der Waals surface area contributed by atoms with Crippen molar-refractivity contribution in [3.05, 3.63) is 64.9 Å². The summed E-state index contributed by atoms with van der Waals surface area (Å²) < 4.78 is 10.6. The normalized spacial score (nSPS) is 15.9. The Morgan fingerprint density at radius 1 is 1.21 bits per heavy atom. The number of amides is 2. The van der Waals surface area contributed by atoms with Crippen molar-refractivity contribution in [2.24, 2.45) is 5.73 Å². The summed E-state index contributed by atoms with van der Waals surface area (Å²) in [5.74, 6) is -0.516. The number of rotatable bonds is 6. The van der Waals surface area contributed by atoms with Gasteiger partial charge in [-0.25, -0.2) is 4.79 Å². The molecule has 0 spiro atoms. The third-order valence-corrected chi connectivity index (χ3v) is 4.13. The Kier molecular flexibility index (Phi) is 5.42. The Bertz CT molecular complexity index is 965. The number of benzene rings is 2. The van der Waals surface area contributed by atoms with Gasteiger partial charge in [-0.3, -0.25) is 14.9 Å². The zero-order chi connectivity index (χ0) is 20.3. The molecule has 2 aromatic carbocycles. The number of carbonyl (C=O) groups excluding carboxylic acids is 2. The summed E-state index contributed by atoms with van der Waals surface area (Å²) in [5, 5.41) is 10.9. The zero-order valence-corrected chi connectivity index (χ0v) is 15.0. The van der Waals surface area contributed by atoms with Crippen LogP contribution in [0.1, 0.15) is 16.7 Å². The summed E-state index contributed by atoms with van der Waals surface area (Å²) in [6.45, 7) is 1.86. The molecule has 8 nitrogen and oxygen atoms in total. The van der Waals surface area contributed by atoms with E-state index in [1.807, 2.05) is 18.3 Å². The van der Waals surface area contributed by atoms with Crippen LogP contribution < -0.4 is 15.8 Å². The molecule has 1 aliphatic rings. The largest absolute Gasteiger partial charge is 0.480 e. The molecule has 1 unspecified atom stereocenters. The molecule has 28 heavy (non-hydrogen) atoms. The van der Waals surface area contributed by atoms with Crippen LogP contribution in [0, 0.1) is 6.92 Å². The molecule has 4 N–H and O–H groups in total. The van der Waals surface area contributed by atoms with Gasteiger partial charge in [0.05, 0.1) is 0 Å². The maximum atomic E-state index is 11.5. The molecule has 8 heteroatoms. The summed E-state index contributed by atoms with van der Waals surface area (Å²) in [4.78, 5) is 33.4. The van der Waals surface area contributed by atoms with Gasteiger partial charge in [0.2, 0.25) is 0 Å². The number of carboxylic acid groups (broad SMARTS) is 1. The molecule has 0 radical (unpaired) electrons. The number of aryl methyl sites for hydroxylation is 1. The van der Waals surface area contributed by atoms with Crippen LogP contribution in [0.25, 0.3) is 6.08 Å². The van der Waals surface area contributed by atoms with E-state index in [-0.39, 0.29) is 12.2 Å². The number of cyclic esters (lactones) is 1. The molecule has 0 bridgehead atoms. The fourth-order valence-electron chi connectivity index (χ4n) is 2.63. The number of carbonyl (C=O) groups is 3. The zero-order valence-electron chi connectivity index (χ0n) is 15.0. The minimum Gasteiger partial charge on any atom is -0.480 e. The maximum Gasteiger partial charge on any atom is 0.419 e. The number of carboxylic acids is 1. The topological polar surface area (TPSA) is 128 Å². The van der Waals surface area contributed by atoms with Crippen molar-refractivity contribution in [1.82, 2.24) is 5.32 Å². The van der Waals surface area contributed by atoms with Gasteiger partial charge in [0.15, 0.2) is 5.76 Å². The second kappa shape index (κ2) is 7.93. The van der Waals surface area contributed by atoms with Gasteiger partial charge in [-0.1, -0.05) is 18.2 Å². The lowest BCUT2D eigenvalue weighted by molar-refractivity contribution is -0.138. The number of alkyl carbamates (subject to hydrolysis) is 1. The number of aliphatic carboxylic acids is 1. The summed E-state index contributed by atoms with van der Waals surface area (Å²) in [5.41, 5.74) is 7.97. The van der Waals surface area contributed by atoms with Crippen LogP contribution in [0.5, 0.6) is 11.5 Å². The Labute approximate surface area is 160 Å². The number of nitrogens with two attached hydrogens (primary N) is 1. The van der Waals surface area contributed by atoms with Gasteiger partial charge in [-0.15, -0.1) is 0 Å². The van der Waals surface area contributed by atoms with E-state index >= 15 is 0 Å². The molecule has 0 saturated carbocycles. The van der Waals surface area contributed by atoms with Crippen LogP contribution in [0.15, 0.2) is 48.2 Å². The molecule has 2 amide bonds. The highest BCUT2D eigenvalue weighted by Crippen LogP contribution is 2.25. The van der Waals surface area contributed by atoms with Gasteiger partial charge in [0.1, 0.15) is 17.5 Å². The van der Waals surface area contributed by atoms with E-state index in [2.05, 4.69) is 0 Å². The lowest BCUT2D eigenvalue weighted by atomic mass is 10.0. The van der Waals surface area contributed by atoms with Crippen LogP contribution in [0.3, 0.4) is 0 Å². The molecule has 1 atom stereocenters. The number of nitrogens with one attached hydrogen (secondary N) is 1. The highest BCUT2D eigenvalue weighted by molar-refractivity contribution is 6.09. The van der Waals surface area contributed by atoms with E-state index in [0.29, 0.717) is 17.1 Å². The van der Waals surface area contributed by atoms with Crippen molar-refractivity contribution in [2.75, 3.05) is 0 Å². The molecule has 1 saturated heterocycles. The van der Waals surface area contributed by atoms with E-state index < -0.39 is 24.0 Å². The summed E-state index contributed by atoms with van der Waals surface area (Å²) in [6, 6.07) is 11.3. The molecule has 2 aromatic rings. The Balaban J connectivity index is 1.68. The Morgan fingerprint density at radius 3 is 2.46 bits per heavy atom. The number of hydrogen-bond acceptors (Lipinski definition) is 6. The minimum atomic E-state index is -1.04. The Morgan fingerprint density at radius 2 is 1.89 bits per heavy atom. The highest BCUT2D eigenvalue weighted by atomic mass is 16.6. The molecular weight excluding hydrogens is 364 g/mol. The van der Waals surface area contributed by atoms with E-state index in [1.165, 1.54) is 6.08 Å². The third-order valence-electron chi connectivity index (χ3n) is 4.13. The summed E-state index contributed by atoms with van der Waals surface area (Å²) in [6.07, 6.45) is 0.900. The average Bonchev–Trinajstić information content (AvgIpc) is 2.96. The van der Waals surface area contributed by atoms with Gasteiger partial charge in [-0.05, 0) is 60.4 Å². The molecule has 0 aromatic heterocycles. The van der Waals surface area contributed by atoms with Crippen molar-refractivity contribution in [2.45, 2.75) is 19.4 Å². The molecule has 0 aliphatic carbocycles. The lowest BCUT2D eigenvalue weighted by Crippen LogP contribution is -2.32. The van der Waals surface area contributed by atoms with E-state index in [0.717, 1.165) is 11.1 Å². The van der Waals surface area contributed by atoms with Crippen molar-refractivity contribution in [3.63, 3.8) is 0 Å². The van der Waals surface area contributed by atoms with Gasteiger partial charge in [-0.2, -0.15) is 0 Å². The van der Waals surface area contributed by atoms with Crippen molar-refractivity contribution in [3.8, 4) is 11.5 Å². The molecule has 3 rings (SSSR count). The van der Waals surface area contributed by atoms with Crippen molar-refractivity contribution in [1.29, 1.82) is 0 Å². The first-order valence-electron chi connectivity index (χ1n) is 8.42. The van der Waals surface area contributed by atoms with Gasteiger partial charge in [0.25, 0.3) is 5.91 Å². The first-order chi connectivity index (χ1) is 13.3. The van der Waals surface area contributed by atoms with Crippen molar-refractivity contribution < 1.29 is 29.0 Å². The summed E-state index contributed by atoms with van der Waals surface area (Å²) in [7, 11) is 0. The number of imide groups is 1. The lowest BCUT2D eigenvalue weighted by Gasteiger charge is -2.12. The van der Waals surface area contributed by atoms with Crippen LogP contribution >= 0.6 is 0 Å². The predicted molar refractivity (Wildman–Crippen MR) is 99.6 cm³/mol. The van der Waals surface area contributed by atoms with Crippen LogP contribution in [-0.4, -0.2) is 29.1 Å². The SMILES string of the molecule is Cc1cc(Oc2ccc(C=C3OC(=O)NC3=O)cc2)ccc1CC(N)C(=O)O. The standard InChI is InChI=1S/C20H18N2O6/c1-11-8-15(7-4-13(11)10-16(21)19(24)25)27-14-5-2-12(3-6-14)9-17-18(23)22-20(26)28-17/h2-9,16H,10,21H2,1H3,(H,24,25)(H,22,23,26). The molecular formula is C20H18N2O6. The molecule has 1 aliphatic heterocycles. The predicted octanol–water partition coefficient (Wildman–Crippen LogP) is 2.35. The van der Waals surface area contributed by atoms with Crippen LogP contribution in [0.4, 0.5) is 4.79 Å². The average molecular weight is 382 g/mol. The molecule has 1 heterocycles. The first-order valence-corrected chi connectivity index (χ1v) is 8.42. The highest BCUT2D eigenvalue weighted by Gasteiger charge is 2.25. The van der Waals surface area contributed by atoms with Gasteiger partial charge < -0.3 is 20.3 Å². The van der Waals surface area contributed by atoms with E-state index in [9.17, 15) is 14.4 Å². The van der Waals surface area contributed by atoms with Crippen molar-refractivity contribution >= 4 is 24.0 Å². The first kappa shape index (κ1) is 19.1. The second-order valence-electron chi connectivity index (χ2n) is 6.26. The van der Waals surface area contributed by atoms with E-state index in [4.69, 9.17) is 20.3 Å². The summed E-state index contributed by atoms with van der Waals surface area (Å²) >= 11 is 0. The fourth-order valence-corrected chi connectivity index (χ4v) is 2.63. The maximum absolute atomic E-state index is 11.5. The fraction of sp³-hybridized carbons (Fsp3) is 0.150. The van der Waals surface area contributed by atoms with Gasteiger partial charge >= 0.3 is 12.1 Å².